The van der Waals surface area contributed by atoms with E-state index in [-0.39, 0.29) is 29.2 Å². The molecular weight excluding hydrogens is 588 g/mol. The quantitative estimate of drug-likeness (QED) is 0.200. The van der Waals surface area contributed by atoms with E-state index < -0.39 is 5.97 Å². The Balaban J connectivity index is 1.31. The molecule has 2 saturated carbocycles. The number of anilines is 1. The first-order valence-corrected chi connectivity index (χ1v) is 16.2. The van der Waals surface area contributed by atoms with Crippen molar-refractivity contribution in [1.29, 1.82) is 0 Å². The van der Waals surface area contributed by atoms with Gasteiger partial charge in [-0.1, -0.05) is 12.1 Å². The highest BCUT2D eigenvalue weighted by Gasteiger charge is 2.42. The molecular formula is C35H34N4O5S. The van der Waals surface area contributed by atoms with Crippen molar-refractivity contribution in [3.05, 3.63) is 88.1 Å². The number of hydrogen-bond donors (Lipinski definition) is 3. The number of nitrogens with zero attached hydrogens (tertiary/aromatic N) is 1. The van der Waals surface area contributed by atoms with Gasteiger partial charge in [0.1, 0.15) is 11.4 Å². The molecule has 0 spiro atoms. The molecule has 0 radical (unpaired) electrons. The van der Waals surface area contributed by atoms with Crippen molar-refractivity contribution >= 4 is 34.8 Å². The molecule has 230 valence electrons. The standard InChI is InChI=1S/C35H34N4O5S/c1-43-35(42)31-24(10-11-28(38-31)34(41)39-30(20-4-5-20)21-6-7-21)25-17-29-27(32-22(12-14-44-29)13-15-45-32)16-26(25)33(40)37-23-8-2-19(18-36)3-9-23/h2-3,8-11,13,15-17,20-21,30H,4-7,12,14,18,36H2,1H3,(H,37,40)(H,39,41). The van der Waals surface area contributed by atoms with Crippen molar-refractivity contribution in [2.45, 2.75) is 44.7 Å². The Morgan fingerprint density at radius 2 is 1.73 bits per heavy atom. The van der Waals surface area contributed by atoms with Crippen LogP contribution in [-0.4, -0.2) is 42.5 Å². The number of rotatable bonds is 9. The van der Waals surface area contributed by atoms with Crippen LogP contribution in [0.1, 0.15) is 68.1 Å². The molecule has 1 aliphatic heterocycles. The SMILES string of the molecule is COC(=O)c1nc(C(=O)NC(C2CC2)C2CC2)ccc1-c1cc2c(cc1C(=O)Nc1ccc(CN)cc1)-c1sccc1CCO2. The third kappa shape index (κ3) is 5.95. The molecule has 2 aromatic heterocycles. The van der Waals surface area contributed by atoms with Gasteiger partial charge in [-0.15, -0.1) is 11.3 Å². The molecule has 45 heavy (non-hydrogen) atoms. The lowest BCUT2D eigenvalue weighted by Crippen LogP contribution is -2.38. The van der Waals surface area contributed by atoms with Crippen molar-refractivity contribution in [3.63, 3.8) is 0 Å². The molecule has 7 rings (SSSR count). The van der Waals surface area contributed by atoms with Crippen molar-refractivity contribution in [2.24, 2.45) is 17.6 Å². The van der Waals surface area contributed by atoms with Crippen LogP contribution in [0, 0.1) is 11.8 Å². The number of benzene rings is 2. The van der Waals surface area contributed by atoms with E-state index in [1.54, 1.807) is 41.7 Å². The van der Waals surface area contributed by atoms with Gasteiger partial charge in [-0.2, -0.15) is 0 Å². The van der Waals surface area contributed by atoms with E-state index >= 15 is 0 Å². The van der Waals surface area contributed by atoms with Gasteiger partial charge in [0.2, 0.25) is 0 Å². The monoisotopic (exact) mass is 622 g/mol. The Morgan fingerprint density at radius 3 is 2.42 bits per heavy atom. The highest BCUT2D eigenvalue weighted by molar-refractivity contribution is 7.13. The number of fused-ring (bicyclic) bond motifs is 3. The molecule has 0 unspecified atom stereocenters. The molecule has 2 aromatic carbocycles. The molecule has 10 heteroatoms. The Bertz CT molecular complexity index is 1780. The molecule has 4 aromatic rings. The van der Waals surface area contributed by atoms with Crippen LogP contribution in [0.25, 0.3) is 21.6 Å². The number of aromatic nitrogens is 1. The minimum Gasteiger partial charge on any atom is -0.493 e. The lowest BCUT2D eigenvalue weighted by atomic mass is 9.93. The van der Waals surface area contributed by atoms with Crippen LogP contribution >= 0.6 is 11.3 Å². The van der Waals surface area contributed by atoms with Crippen molar-refractivity contribution in [3.8, 4) is 27.3 Å². The summed E-state index contributed by atoms with van der Waals surface area (Å²) in [5.41, 5.74) is 10.5. The molecule has 9 nitrogen and oxygen atoms in total. The normalized spacial score (nSPS) is 15.4. The van der Waals surface area contributed by atoms with Crippen LogP contribution < -0.4 is 21.1 Å². The molecule has 0 saturated heterocycles. The van der Waals surface area contributed by atoms with Gasteiger partial charge in [-0.3, -0.25) is 9.59 Å². The summed E-state index contributed by atoms with van der Waals surface area (Å²) in [6.07, 6.45) is 5.22. The third-order valence-electron chi connectivity index (χ3n) is 8.79. The maximum absolute atomic E-state index is 14.0. The summed E-state index contributed by atoms with van der Waals surface area (Å²) in [6, 6.07) is 16.4. The third-order valence-corrected chi connectivity index (χ3v) is 9.78. The zero-order valence-corrected chi connectivity index (χ0v) is 25.7. The van der Waals surface area contributed by atoms with Gasteiger partial charge in [0, 0.05) is 51.8 Å². The molecule has 0 atom stereocenters. The second-order valence-corrected chi connectivity index (χ2v) is 12.8. The number of methoxy groups -OCH3 is 1. The Labute approximate surface area is 265 Å². The van der Waals surface area contributed by atoms with E-state index in [0.29, 0.717) is 53.1 Å². The number of nitrogens with two attached hydrogens (primary N) is 1. The summed E-state index contributed by atoms with van der Waals surface area (Å²) < 4.78 is 11.3. The summed E-state index contributed by atoms with van der Waals surface area (Å²) in [5.74, 6) is 0.230. The molecule has 2 fully saturated rings. The van der Waals surface area contributed by atoms with Gasteiger partial charge in [-0.25, -0.2) is 9.78 Å². The Morgan fingerprint density at radius 1 is 0.978 bits per heavy atom. The number of carbonyl (C=O) groups excluding carboxylic acids is 3. The summed E-state index contributed by atoms with van der Waals surface area (Å²) in [4.78, 5) is 46.1. The summed E-state index contributed by atoms with van der Waals surface area (Å²) in [6.45, 7) is 0.866. The second kappa shape index (κ2) is 12.1. The van der Waals surface area contributed by atoms with Crippen LogP contribution in [-0.2, 0) is 17.7 Å². The number of hydrogen-bond acceptors (Lipinski definition) is 8. The predicted molar refractivity (Wildman–Crippen MR) is 173 cm³/mol. The van der Waals surface area contributed by atoms with Crippen LogP contribution in [0.5, 0.6) is 5.75 Å². The molecule has 2 amide bonds. The Kier molecular flexibility index (Phi) is 7.85. The molecule has 3 heterocycles. The summed E-state index contributed by atoms with van der Waals surface area (Å²) >= 11 is 1.59. The van der Waals surface area contributed by atoms with E-state index in [1.165, 1.54) is 7.11 Å². The van der Waals surface area contributed by atoms with Crippen LogP contribution in [0.2, 0.25) is 0 Å². The smallest absolute Gasteiger partial charge is 0.357 e. The average molecular weight is 623 g/mol. The topological polar surface area (TPSA) is 133 Å². The number of thiophene rings is 1. The minimum atomic E-state index is -0.708. The van der Waals surface area contributed by atoms with E-state index in [1.807, 2.05) is 23.6 Å². The lowest BCUT2D eigenvalue weighted by Gasteiger charge is -2.19. The number of ether oxygens (including phenoxy) is 2. The fraction of sp³-hybridized carbons (Fsp3) is 0.314. The first-order valence-electron chi connectivity index (χ1n) is 15.3. The first-order chi connectivity index (χ1) is 21.9. The van der Waals surface area contributed by atoms with Crippen LogP contribution in [0.3, 0.4) is 0 Å². The maximum Gasteiger partial charge on any atom is 0.357 e. The number of pyridine rings is 1. The fourth-order valence-electron chi connectivity index (χ4n) is 6.06. The summed E-state index contributed by atoms with van der Waals surface area (Å²) in [7, 11) is 1.27. The van der Waals surface area contributed by atoms with E-state index in [4.69, 9.17) is 15.2 Å². The molecule has 4 N–H and O–H groups in total. The van der Waals surface area contributed by atoms with Gasteiger partial charge < -0.3 is 25.8 Å². The number of amides is 2. The van der Waals surface area contributed by atoms with E-state index in [0.717, 1.165) is 53.7 Å². The largest absolute Gasteiger partial charge is 0.493 e. The fourth-order valence-corrected chi connectivity index (χ4v) is 7.04. The Hall–Kier alpha value is -4.54. The summed E-state index contributed by atoms with van der Waals surface area (Å²) in [5, 5.41) is 8.20. The van der Waals surface area contributed by atoms with E-state index in [2.05, 4.69) is 21.7 Å². The van der Waals surface area contributed by atoms with Crippen molar-refractivity contribution in [1.82, 2.24) is 10.3 Å². The molecule has 2 aliphatic carbocycles. The number of esters is 1. The number of carbonyl (C=O) groups is 3. The zero-order valence-electron chi connectivity index (χ0n) is 24.9. The first kappa shape index (κ1) is 29.2. The van der Waals surface area contributed by atoms with Gasteiger partial charge in [0.15, 0.2) is 5.69 Å². The lowest BCUT2D eigenvalue weighted by molar-refractivity contribution is 0.0594. The molecule has 3 aliphatic rings. The van der Waals surface area contributed by atoms with Gasteiger partial charge in [-0.05, 0) is 96.5 Å². The van der Waals surface area contributed by atoms with Crippen LogP contribution in [0.15, 0.2) is 60.0 Å². The molecule has 0 bridgehead atoms. The second-order valence-electron chi connectivity index (χ2n) is 11.9. The zero-order chi connectivity index (χ0) is 31.1. The van der Waals surface area contributed by atoms with E-state index in [9.17, 15) is 14.4 Å². The minimum absolute atomic E-state index is 0.0497. The number of nitrogens with one attached hydrogen (secondary N) is 2. The highest BCUT2D eigenvalue weighted by atomic mass is 32.1. The van der Waals surface area contributed by atoms with Crippen molar-refractivity contribution in [2.75, 3.05) is 19.0 Å². The van der Waals surface area contributed by atoms with Crippen LogP contribution in [0.4, 0.5) is 5.69 Å². The van der Waals surface area contributed by atoms with Gasteiger partial charge in [0.05, 0.1) is 13.7 Å². The van der Waals surface area contributed by atoms with Crippen molar-refractivity contribution < 1.29 is 23.9 Å². The maximum atomic E-state index is 14.0. The average Bonchev–Trinajstić information content (AvgIpc) is 4.01. The highest BCUT2D eigenvalue weighted by Crippen LogP contribution is 2.45. The van der Waals surface area contributed by atoms with Gasteiger partial charge >= 0.3 is 5.97 Å². The predicted octanol–water partition coefficient (Wildman–Crippen LogP) is 5.83. The van der Waals surface area contributed by atoms with Gasteiger partial charge in [0.25, 0.3) is 11.8 Å².